The first-order chi connectivity index (χ1) is 13.6. The standard InChI is InChI=1S/C23H18Cl2N2O/c1-14-6-8-15(9-7-14)20-13-21-18-4-2-3-5-22(18)28-23(27(21)26-20)17-11-10-16(24)12-19(17)25/h2-12,21,23H,13H2,1H3. The summed E-state index contributed by atoms with van der Waals surface area (Å²) in [4.78, 5) is 0. The Morgan fingerprint density at radius 2 is 1.75 bits per heavy atom. The van der Waals surface area contributed by atoms with Crippen LogP contribution in [0.5, 0.6) is 5.75 Å². The van der Waals surface area contributed by atoms with Crippen LogP contribution in [0.25, 0.3) is 0 Å². The van der Waals surface area contributed by atoms with E-state index < -0.39 is 6.23 Å². The van der Waals surface area contributed by atoms with E-state index in [0.29, 0.717) is 10.0 Å². The molecule has 0 saturated heterocycles. The smallest absolute Gasteiger partial charge is 0.215 e. The molecule has 0 bridgehead atoms. The topological polar surface area (TPSA) is 24.8 Å². The van der Waals surface area contributed by atoms with Gasteiger partial charge in [0, 0.05) is 22.6 Å². The van der Waals surface area contributed by atoms with E-state index >= 15 is 0 Å². The molecule has 2 atom stereocenters. The zero-order valence-electron chi connectivity index (χ0n) is 15.3. The third kappa shape index (κ3) is 2.95. The van der Waals surface area contributed by atoms with E-state index in [1.807, 2.05) is 35.3 Å². The van der Waals surface area contributed by atoms with Gasteiger partial charge in [0.1, 0.15) is 5.75 Å². The van der Waals surface area contributed by atoms with E-state index in [4.69, 9.17) is 33.0 Å². The highest BCUT2D eigenvalue weighted by atomic mass is 35.5. The number of nitrogens with zero attached hydrogens (tertiary/aromatic N) is 2. The van der Waals surface area contributed by atoms with Crippen LogP contribution < -0.4 is 4.74 Å². The van der Waals surface area contributed by atoms with Crippen molar-refractivity contribution in [3.63, 3.8) is 0 Å². The second-order valence-electron chi connectivity index (χ2n) is 7.19. The van der Waals surface area contributed by atoms with E-state index in [-0.39, 0.29) is 6.04 Å². The average molecular weight is 409 g/mol. The lowest BCUT2D eigenvalue weighted by Gasteiger charge is -2.38. The van der Waals surface area contributed by atoms with Gasteiger partial charge in [-0.3, -0.25) is 0 Å². The minimum atomic E-state index is -0.396. The first kappa shape index (κ1) is 17.6. The molecule has 0 amide bonds. The van der Waals surface area contributed by atoms with Crippen molar-refractivity contribution < 1.29 is 4.74 Å². The number of ether oxygens (including phenoxy) is 1. The summed E-state index contributed by atoms with van der Waals surface area (Å²) in [5, 5.41) is 8.18. The van der Waals surface area contributed by atoms with Gasteiger partial charge < -0.3 is 4.74 Å². The van der Waals surface area contributed by atoms with Crippen molar-refractivity contribution in [2.75, 3.05) is 0 Å². The second kappa shape index (κ2) is 6.84. The maximum absolute atomic E-state index is 6.51. The zero-order valence-corrected chi connectivity index (χ0v) is 16.8. The van der Waals surface area contributed by atoms with Crippen molar-refractivity contribution in [2.45, 2.75) is 25.6 Å². The molecular formula is C23H18Cl2N2O. The molecule has 5 rings (SSSR count). The third-order valence-electron chi connectivity index (χ3n) is 5.31. The van der Waals surface area contributed by atoms with Gasteiger partial charge in [-0.15, -0.1) is 0 Å². The van der Waals surface area contributed by atoms with Crippen LogP contribution in [0.1, 0.15) is 40.9 Å². The first-order valence-corrected chi connectivity index (χ1v) is 9.99. The van der Waals surface area contributed by atoms with Crippen LogP contribution in [-0.4, -0.2) is 10.7 Å². The molecule has 0 aliphatic carbocycles. The van der Waals surface area contributed by atoms with Crippen molar-refractivity contribution in [3.05, 3.63) is 99.0 Å². The third-order valence-corrected chi connectivity index (χ3v) is 5.87. The summed E-state index contributed by atoms with van der Waals surface area (Å²) in [6, 6.07) is 22.3. The predicted molar refractivity (Wildman–Crippen MR) is 113 cm³/mol. The molecule has 2 aliphatic heterocycles. The Morgan fingerprint density at radius 3 is 2.54 bits per heavy atom. The molecule has 28 heavy (non-hydrogen) atoms. The fourth-order valence-corrected chi connectivity index (χ4v) is 4.36. The molecule has 140 valence electrons. The van der Waals surface area contributed by atoms with E-state index in [2.05, 4.69) is 37.3 Å². The predicted octanol–water partition coefficient (Wildman–Crippen LogP) is 6.54. The number of halogens is 2. The van der Waals surface area contributed by atoms with Gasteiger partial charge in [0.15, 0.2) is 0 Å². The van der Waals surface area contributed by atoms with Gasteiger partial charge in [-0.2, -0.15) is 5.10 Å². The maximum Gasteiger partial charge on any atom is 0.215 e. The lowest BCUT2D eigenvalue weighted by atomic mass is 9.95. The van der Waals surface area contributed by atoms with Crippen molar-refractivity contribution in [1.82, 2.24) is 5.01 Å². The molecule has 2 unspecified atom stereocenters. The van der Waals surface area contributed by atoms with Gasteiger partial charge in [-0.1, -0.05) is 77.3 Å². The summed E-state index contributed by atoms with van der Waals surface area (Å²) in [6.45, 7) is 2.09. The number of hydrogen-bond donors (Lipinski definition) is 0. The largest absolute Gasteiger partial charge is 0.464 e. The minimum absolute atomic E-state index is 0.109. The Kier molecular flexibility index (Phi) is 4.30. The van der Waals surface area contributed by atoms with E-state index in [9.17, 15) is 0 Å². The second-order valence-corrected chi connectivity index (χ2v) is 8.03. The molecule has 3 aromatic rings. The lowest BCUT2D eigenvalue weighted by molar-refractivity contribution is -0.0189. The van der Waals surface area contributed by atoms with Crippen molar-refractivity contribution in [1.29, 1.82) is 0 Å². The number of benzene rings is 3. The van der Waals surface area contributed by atoms with Crippen LogP contribution in [0.4, 0.5) is 0 Å². The Morgan fingerprint density at radius 1 is 0.964 bits per heavy atom. The van der Waals surface area contributed by atoms with Gasteiger partial charge in [-0.25, -0.2) is 5.01 Å². The monoisotopic (exact) mass is 408 g/mol. The molecule has 0 fully saturated rings. The molecule has 2 aliphatic rings. The molecule has 0 N–H and O–H groups in total. The Hall–Kier alpha value is -2.49. The van der Waals surface area contributed by atoms with Crippen LogP contribution >= 0.6 is 23.2 Å². The lowest BCUT2D eigenvalue weighted by Crippen LogP contribution is -2.33. The van der Waals surface area contributed by atoms with Crippen LogP contribution in [0.2, 0.25) is 10.0 Å². The Labute approximate surface area is 174 Å². The van der Waals surface area contributed by atoms with Crippen LogP contribution in [0.15, 0.2) is 71.8 Å². The number of aryl methyl sites for hydroxylation is 1. The SMILES string of the molecule is Cc1ccc(C2=NN3C(C2)c2ccccc2OC3c2ccc(Cl)cc2Cl)cc1. The highest BCUT2D eigenvalue weighted by molar-refractivity contribution is 6.35. The molecule has 5 heteroatoms. The minimum Gasteiger partial charge on any atom is -0.464 e. The van der Waals surface area contributed by atoms with Crippen LogP contribution in [0.3, 0.4) is 0 Å². The van der Waals surface area contributed by atoms with Crippen molar-refractivity contribution >= 4 is 28.9 Å². The van der Waals surface area contributed by atoms with Gasteiger partial charge in [0.25, 0.3) is 0 Å². The first-order valence-electron chi connectivity index (χ1n) is 9.23. The Balaban J connectivity index is 1.61. The summed E-state index contributed by atoms with van der Waals surface area (Å²) >= 11 is 12.6. The van der Waals surface area contributed by atoms with E-state index in [1.165, 1.54) is 5.56 Å². The van der Waals surface area contributed by atoms with Gasteiger partial charge in [0.05, 0.1) is 16.8 Å². The van der Waals surface area contributed by atoms with Gasteiger partial charge in [0.2, 0.25) is 6.23 Å². The van der Waals surface area contributed by atoms with Gasteiger partial charge >= 0.3 is 0 Å². The molecule has 0 saturated carbocycles. The average Bonchev–Trinajstić information content (AvgIpc) is 3.14. The molecule has 3 aromatic carbocycles. The number of hydrogen-bond acceptors (Lipinski definition) is 3. The fourth-order valence-electron chi connectivity index (χ4n) is 3.86. The number of rotatable bonds is 2. The fraction of sp³-hybridized carbons (Fsp3) is 0.174. The molecule has 0 spiro atoms. The summed E-state index contributed by atoms with van der Waals surface area (Å²) in [5.41, 5.74) is 5.44. The highest BCUT2D eigenvalue weighted by Crippen LogP contribution is 2.48. The molecule has 0 aromatic heterocycles. The van der Waals surface area contributed by atoms with Crippen molar-refractivity contribution in [2.24, 2.45) is 5.10 Å². The van der Waals surface area contributed by atoms with E-state index in [1.54, 1.807) is 6.07 Å². The van der Waals surface area contributed by atoms with Crippen LogP contribution in [-0.2, 0) is 0 Å². The summed E-state index contributed by atoms with van der Waals surface area (Å²) in [5.74, 6) is 0.875. The number of para-hydroxylation sites is 1. The quantitative estimate of drug-likeness (QED) is 0.480. The highest BCUT2D eigenvalue weighted by Gasteiger charge is 2.41. The number of fused-ring (bicyclic) bond motifs is 3. The Bertz CT molecular complexity index is 1080. The molecule has 0 radical (unpaired) electrons. The molecule has 3 nitrogen and oxygen atoms in total. The number of hydrazone groups is 1. The summed E-state index contributed by atoms with van der Waals surface area (Å²) in [6.07, 6.45) is 0.429. The van der Waals surface area contributed by atoms with Crippen molar-refractivity contribution in [3.8, 4) is 5.75 Å². The summed E-state index contributed by atoms with van der Waals surface area (Å²) in [7, 11) is 0. The van der Waals surface area contributed by atoms with E-state index in [0.717, 1.165) is 34.6 Å². The molecule has 2 heterocycles. The summed E-state index contributed by atoms with van der Waals surface area (Å²) < 4.78 is 6.35. The van der Waals surface area contributed by atoms with Crippen LogP contribution in [0, 0.1) is 6.92 Å². The maximum atomic E-state index is 6.51. The molecular weight excluding hydrogens is 391 g/mol. The zero-order chi connectivity index (χ0) is 19.3. The normalized spacial score (nSPS) is 20.2. The van der Waals surface area contributed by atoms with Gasteiger partial charge in [-0.05, 0) is 30.7 Å².